The summed E-state index contributed by atoms with van der Waals surface area (Å²) in [7, 11) is 1.63. The zero-order valence-electron chi connectivity index (χ0n) is 9.96. The molecule has 0 spiro atoms. The fourth-order valence-corrected chi connectivity index (χ4v) is 2.70. The van der Waals surface area contributed by atoms with Crippen LogP contribution >= 0.6 is 11.3 Å². The first-order valence-corrected chi connectivity index (χ1v) is 6.42. The van der Waals surface area contributed by atoms with Crippen molar-refractivity contribution >= 4 is 11.3 Å². The van der Waals surface area contributed by atoms with E-state index in [1.807, 2.05) is 48.7 Å². The smallest absolute Gasteiger partial charge is 0.112 e. The molecule has 1 N–H and O–H groups in total. The maximum Gasteiger partial charge on any atom is 0.112 e. The molecule has 0 fully saturated rings. The molecular weight excluding hydrogens is 232 g/mol. The summed E-state index contributed by atoms with van der Waals surface area (Å²) in [5.41, 5.74) is 1.94. The predicted octanol–water partition coefficient (Wildman–Crippen LogP) is 3.48. The average Bonchev–Trinajstić information content (AvgIpc) is 2.77. The van der Waals surface area contributed by atoms with Crippen LogP contribution in [0, 0.1) is 6.92 Å². The molecule has 3 heteroatoms. The van der Waals surface area contributed by atoms with Crippen LogP contribution in [0.25, 0.3) is 0 Å². The molecule has 0 aliphatic carbocycles. The number of ether oxygens (including phenoxy) is 1. The molecule has 2 aromatic rings. The average molecular weight is 248 g/mol. The lowest BCUT2D eigenvalue weighted by molar-refractivity contribution is -0.0149. The molecule has 2 unspecified atom stereocenters. The fourth-order valence-electron chi connectivity index (χ4n) is 1.95. The van der Waals surface area contributed by atoms with Crippen molar-refractivity contribution in [3.05, 3.63) is 57.8 Å². The van der Waals surface area contributed by atoms with Crippen molar-refractivity contribution in [3.63, 3.8) is 0 Å². The van der Waals surface area contributed by atoms with Gasteiger partial charge in [-0.1, -0.05) is 30.3 Å². The van der Waals surface area contributed by atoms with E-state index in [2.05, 4.69) is 0 Å². The standard InChI is InChI=1S/C14H16O2S/c1-10-12(8-9-17-10)13(15)14(16-2)11-6-4-3-5-7-11/h3-9,13-15H,1-2H3. The Labute approximate surface area is 105 Å². The fraction of sp³-hybridized carbons (Fsp3) is 0.286. The lowest BCUT2D eigenvalue weighted by Crippen LogP contribution is -2.13. The highest BCUT2D eigenvalue weighted by molar-refractivity contribution is 7.10. The Kier molecular flexibility index (Phi) is 3.94. The minimum Gasteiger partial charge on any atom is -0.385 e. The van der Waals surface area contributed by atoms with Gasteiger partial charge in [0.15, 0.2) is 0 Å². The molecule has 1 aromatic heterocycles. The molecule has 2 atom stereocenters. The van der Waals surface area contributed by atoms with Crippen molar-refractivity contribution in [2.24, 2.45) is 0 Å². The topological polar surface area (TPSA) is 29.5 Å². The first-order chi connectivity index (χ1) is 8.24. The Balaban J connectivity index is 2.28. The van der Waals surface area contributed by atoms with Gasteiger partial charge in [0.1, 0.15) is 12.2 Å². The number of thiophene rings is 1. The van der Waals surface area contributed by atoms with E-state index < -0.39 is 6.10 Å². The highest BCUT2D eigenvalue weighted by Gasteiger charge is 2.23. The summed E-state index contributed by atoms with van der Waals surface area (Å²) >= 11 is 1.64. The van der Waals surface area contributed by atoms with E-state index in [-0.39, 0.29) is 6.10 Å². The van der Waals surface area contributed by atoms with Gasteiger partial charge in [-0.25, -0.2) is 0 Å². The molecule has 0 bridgehead atoms. The largest absolute Gasteiger partial charge is 0.385 e. The van der Waals surface area contributed by atoms with Crippen molar-refractivity contribution in [2.45, 2.75) is 19.1 Å². The molecule has 0 amide bonds. The molecule has 0 aliphatic rings. The normalized spacial score (nSPS) is 14.5. The molecule has 1 heterocycles. The van der Waals surface area contributed by atoms with Crippen molar-refractivity contribution in [1.82, 2.24) is 0 Å². The van der Waals surface area contributed by atoms with E-state index >= 15 is 0 Å². The van der Waals surface area contributed by atoms with Crippen LogP contribution in [0.15, 0.2) is 41.8 Å². The van der Waals surface area contributed by atoms with Crippen molar-refractivity contribution < 1.29 is 9.84 Å². The van der Waals surface area contributed by atoms with Gasteiger partial charge in [0.05, 0.1) is 0 Å². The van der Waals surface area contributed by atoms with Gasteiger partial charge in [0, 0.05) is 12.0 Å². The van der Waals surface area contributed by atoms with E-state index in [1.54, 1.807) is 18.4 Å². The van der Waals surface area contributed by atoms with Crippen LogP contribution in [0.3, 0.4) is 0 Å². The molecule has 0 aliphatic heterocycles. The van der Waals surface area contributed by atoms with Gasteiger partial charge < -0.3 is 9.84 Å². The molecular formula is C14H16O2S. The molecule has 0 saturated heterocycles. The molecule has 17 heavy (non-hydrogen) atoms. The second-order valence-electron chi connectivity index (χ2n) is 3.94. The summed E-state index contributed by atoms with van der Waals surface area (Å²) in [5.74, 6) is 0. The van der Waals surface area contributed by atoms with E-state index in [1.165, 1.54) is 0 Å². The Bertz CT molecular complexity index is 464. The summed E-state index contributed by atoms with van der Waals surface area (Å²) in [6.45, 7) is 2.01. The lowest BCUT2D eigenvalue weighted by atomic mass is 9.99. The third kappa shape index (κ3) is 2.57. The number of aliphatic hydroxyl groups excluding tert-OH is 1. The molecule has 1 aromatic carbocycles. The molecule has 90 valence electrons. The van der Waals surface area contributed by atoms with Crippen LogP contribution in [0.2, 0.25) is 0 Å². The number of aliphatic hydroxyl groups is 1. The first-order valence-electron chi connectivity index (χ1n) is 5.54. The lowest BCUT2D eigenvalue weighted by Gasteiger charge is -2.22. The van der Waals surface area contributed by atoms with Crippen molar-refractivity contribution in [1.29, 1.82) is 0 Å². The maximum absolute atomic E-state index is 10.4. The Morgan fingerprint density at radius 1 is 1.18 bits per heavy atom. The summed E-state index contributed by atoms with van der Waals surface area (Å²) < 4.78 is 5.43. The molecule has 0 radical (unpaired) electrons. The van der Waals surface area contributed by atoms with E-state index in [0.29, 0.717) is 0 Å². The highest BCUT2D eigenvalue weighted by atomic mass is 32.1. The zero-order valence-corrected chi connectivity index (χ0v) is 10.8. The van der Waals surface area contributed by atoms with Gasteiger partial charge in [-0.05, 0) is 29.5 Å². The third-order valence-electron chi connectivity index (χ3n) is 2.89. The van der Waals surface area contributed by atoms with Gasteiger partial charge >= 0.3 is 0 Å². The number of rotatable bonds is 4. The minimum absolute atomic E-state index is 0.315. The van der Waals surface area contributed by atoms with Crippen LogP contribution in [-0.4, -0.2) is 12.2 Å². The molecule has 2 rings (SSSR count). The van der Waals surface area contributed by atoms with Crippen molar-refractivity contribution in [2.75, 3.05) is 7.11 Å². The van der Waals surface area contributed by atoms with Crippen LogP contribution in [-0.2, 0) is 4.74 Å². The first kappa shape index (κ1) is 12.3. The quantitative estimate of drug-likeness (QED) is 0.897. The van der Waals surface area contributed by atoms with E-state index in [9.17, 15) is 5.11 Å². The van der Waals surface area contributed by atoms with Gasteiger partial charge in [-0.3, -0.25) is 0 Å². The summed E-state index contributed by atoms with van der Waals surface area (Å²) in [6.07, 6.45) is -0.932. The highest BCUT2D eigenvalue weighted by Crippen LogP contribution is 2.34. The minimum atomic E-state index is -0.617. The number of hydrogen-bond acceptors (Lipinski definition) is 3. The monoisotopic (exact) mass is 248 g/mol. The SMILES string of the molecule is COC(c1ccccc1)C(O)c1ccsc1C. The zero-order chi connectivity index (χ0) is 12.3. The van der Waals surface area contributed by atoms with Crippen molar-refractivity contribution in [3.8, 4) is 0 Å². The summed E-state index contributed by atoms with van der Waals surface area (Å²) in [4.78, 5) is 1.13. The maximum atomic E-state index is 10.4. The van der Waals surface area contributed by atoms with Crippen LogP contribution in [0.1, 0.15) is 28.2 Å². The molecule has 0 saturated carbocycles. The third-order valence-corrected chi connectivity index (χ3v) is 3.75. The Hall–Kier alpha value is -1.16. The number of benzene rings is 1. The van der Waals surface area contributed by atoms with Gasteiger partial charge in [-0.2, -0.15) is 0 Å². The van der Waals surface area contributed by atoms with E-state index in [4.69, 9.17) is 4.74 Å². The van der Waals surface area contributed by atoms with Crippen LogP contribution in [0.5, 0.6) is 0 Å². The summed E-state index contributed by atoms with van der Waals surface area (Å²) in [6, 6.07) is 11.8. The summed E-state index contributed by atoms with van der Waals surface area (Å²) in [5, 5.41) is 12.4. The predicted molar refractivity (Wildman–Crippen MR) is 70.2 cm³/mol. The van der Waals surface area contributed by atoms with E-state index in [0.717, 1.165) is 16.0 Å². The van der Waals surface area contributed by atoms with Gasteiger partial charge in [0.25, 0.3) is 0 Å². The van der Waals surface area contributed by atoms with Crippen LogP contribution < -0.4 is 0 Å². The number of methoxy groups -OCH3 is 1. The number of aryl methyl sites for hydroxylation is 1. The second-order valence-corrected chi connectivity index (χ2v) is 5.06. The number of hydrogen-bond donors (Lipinski definition) is 1. The Morgan fingerprint density at radius 3 is 2.41 bits per heavy atom. The van der Waals surface area contributed by atoms with Crippen LogP contribution in [0.4, 0.5) is 0 Å². The van der Waals surface area contributed by atoms with Gasteiger partial charge in [0.2, 0.25) is 0 Å². The second kappa shape index (κ2) is 5.45. The Morgan fingerprint density at radius 2 is 1.88 bits per heavy atom. The van der Waals surface area contributed by atoms with Gasteiger partial charge in [-0.15, -0.1) is 11.3 Å². The molecule has 2 nitrogen and oxygen atoms in total.